The van der Waals surface area contributed by atoms with Crippen molar-refractivity contribution in [2.45, 2.75) is 19.4 Å². The molecule has 0 bridgehead atoms. The van der Waals surface area contributed by atoms with Gasteiger partial charge < -0.3 is 10.1 Å². The molecule has 2 N–H and O–H groups in total. The largest absolute Gasteiger partial charge is 0.495 e. The Morgan fingerprint density at radius 2 is 1.77 bits per heavy atom. The number of ketones is 1. The molecule has 0 radical (unpaired) electrons. The summed E-state index contributed by atoms with van der Waals surface area (Å²) in [5.74, 6) is -3.09. The van der Waals surface area contributed by atoms with Crippen LogP contribution in [-0.4, -0.2) is 53.7 Å². The van der Waals surface area contributed by atoms with Gasteiger partial charge in [0.1, 0.15) is 17.6 Å². The van der Waals surface area contributed by atoms with E-state index in [2.05, 4.69) is 10.4 Å². The van der Waals surface area contributed by atoms with Crippen LogP contribution in [-0.2, 0) is 28.3 Å². The highest BCUT2D eigenvalue weighted by molar-refractivity contribution is 7.89. The Bertz CT molecular complexity index is 1960. The van der Waals surface area contributed by atoms with E-state index < -0.39 is 44.8 Å². The van der Waals surface area contributed by atoms with Crippen LogP contribution in [0.3, 0.4) is 0 Å². The first-order valence-corrected chi connectivity index (χ1v) is 15.2. The van der Waals surface area contributed by atoms with Crippen molar-refractivity contribution < 1.29 is 31.9 Å². The minimum atomic E-state index is -3.94. The first kappa shape index (κ1) is 32.1. The summed E-state index contributed by atoms with van der Waals surface area (Å²) in [4.78, 5) is 51.6. The summed E-state index contributed by atoms with van der Waals surface area (Å²) in [6.45, 7) is 1.38. The predicted molar refractivity (Wildman–Crippen MR) is 161 cm³/mol. The van der Waals surface area contributed by atoms with Crippen molar-refractivity contribution in [3.63, 3.8) is 0 Å². The normalized spacial score (nSPS) is 12.0. The number of carbonyl (C=O) groups is 3. The Morgan fingerprint density at radius 1 is 1.07 bits per heavy atom. The Kier molecular flexibility index (Phi) is 9.35. The molecule has 0 spiro atoms. The van der Waals surface area contributed by atoms with Gasteiger partial charge >= 0.3 is 0 Å². The van der Waals surface area contributed by atoms with Crippen LogP contribution in [0.2, 0.25) is 5.02 Å². The highest BCUT2D eigenvalue weighted by atomic mass is 35.5. The summed E-state index contributed by atoms with van der Waals surface area (Å²) in [6.07, 6.45) is 3.69. The number of hydrogen-bond donors (Lipinski definition) is 2. The van der Waals surface area contributed by atoms with E-state index in [1.54, 1.807) is 30.1 Å². The van der Waals surface area contributed by atoms with E-state index in [4.69, 9.17) is 16.3 Å². The number of pyridine rings is 1. The topological polar surface area (TPSA) is 158 Å². The molecule has 1 atom stereocenters. The molecule has 15 heteroatoms. The lowest BCUT2D eigenvalue weighted by Crippen LogP contribution is -2.34. The summed E-state index contributed by atoms with van der Waals surface area (Å²) in [5, 5.41) is 7.17. The molecule has 1 unspecified atom stereocenters. The summed E-state index contributed by atoms with van der Waals surface area (Å²) in [7, 11) is -0.887. The zero-order valence-electron chi connectivity index (χ0n) is 23.9. The molecule has 4 aromatic rings. The summed E-state index contributed by atoms with van der Waals surface area (Å²) < 4.78 is 47.4. The second-order valence-electron chi connectivity index (χ2n) is 9.83. The number of nitrogens with zero attached hydrogens (tertiary/aromatic N) is 3. The average molecular weight is 644 g/mol. The number of aromatic nitrogens is 3. The fourth-order valence-electron chi connectivity index (χ4n) is 4.51. The van der Waals surface area contributed by atoms with Crippen LogP contribution in [0.5, 0.6) is 5.75 Å². The number of anilines is 1. The van der Waals surface area contributed by atoms with Crippen molar-refractivity contribution in [2.24, 2.45) is 7.05 Å². The molecule has 0 aliphatic rings. The van der Waals surface area contributed by atoms with Crippen LogP contribution in [0, 0.1) is 5.82 Å². The Labute approximate surface area is 256 Å². The monoisotopic (exact) mass is 643 g/mol. The third kappa shape index (κ3) is 7.38. The number of amides is 2. The molecule has 2 amide bonds. The van der Waals surface area contributed by atoms with Gasteiger partial charge in [-0.05, 0) is 55.0 Å². The molecule has 2 aromatic heterocycles. The van der Waals surface area contributed by atoms with Gasteiger partial charge in [0, 0.05) is 47.6 Å². The van der Waals surface area contributed by atoms with Gasteiger partial charge in [0.15, 0.2) is 5.78 Å². The molecule has 44 heavy (non-hydrogen) atoms. The molecule has 0 saturated heterocycles. The standard InChI is InChI=1S/C29H27ClFN5O7S/c1-16(37)20-7-5-17(30)11-22(20)23-14-27(38)36(15-26(23)43-3)25(13-19-9-10-35(2)33-19)29(40)32-18-6-8-21(24(31)12-18)28(39)34-44(4,41)42/h5-12,14-15,25H,13H2,1-4H3,(H,32,40)(H,34,39). The van der Waals surface area contributed by atoms with E-state index in [1.165, 1.54) is 49.2 Å². The number of halogens is 2. The fraction of sp³-hybridized carbons (Fsp3) is 0.207. The first-order chi connectivity index (χ1) is 20.7. The van der Waals surface area contributed by atoms with Gasteiger partial charge in [0.25, 0.3) is 11.5 Å². The number of carbonyl (C=O) groups excluding carboxylic acids is 3. The molecule has 230 valence electrons. The van der Waals surface area contributed by atoms with Gasteiger partial charge in [0.05, 0.1) is 30.8 Å². The molecular formula is C29H27ClFN5O7S. The molecule has 2 heterocycles. The Morgan fingerprint density at radius 3 is 2.36 bits per heavy atom. The number of methoxy groups -OCH3 is 1. The van der Waals surface area contributed by atoms with E-state index in [9.17, 15) is 32.0 Å². The molecule has 0 aliphatic carbocycles. The number of aryl methyl sites for hydroxylation is 1. The highest BCUT2D eigenvalue weighted by Gasteiger charge is 2.26. The zero-order valence-corrected chi connectivity index (χ0v) is 25.5. The second kappa shape index (κ2) is 12.8. The average Bonchev–Trinajstić information content (AvgIpc) is 3.35. The van der Waals surface area contributed by atoms with Crippen molar-refractivity contribution in [3.05, 3.63) is 98.9 Å². The number of Topliss-reactive ketones (excluding diaryl/α,β-unsaturated/α-hetero) is 1. The number of nitrogens with one attached hydrogen (secondary N) is 2. The van der Waals surface area contributed by atoms with Crippen molar-refractivity contribution >= 4 is 44.9 Å². The van der Waals surface area contributed by atoms with Crippen molar-refractivity contribution in [1.82, 2.24) is 19.1 Å². The number of benzene rings is 2. The number of rotatable bonds is 10. The lowest BCUT2D eigenvalue weighted by Gasteiger charge is -2.21. The fourth-order valence-corrected chi connectivity index (χ4v) is 5.12. The van der Waals surface area contributed by atoms with Crippen molar-refractivity contribution in [3.8, 4) is 16.9 Å². The number of ether oxygens (including phenoxy) is 1. The maximum absolute atomic E-state index is 14.8. The van der Waals surface area contributed by atoms with E-state index >= 15 is 0 Å². The minimum absolute atomic E-state index is 0.0533. The van der Waals surface area contributed by atoms with E-state index in [-0.39, 0.29) is 29.2 Å². The summed E-state index contributed by atoms with van der Waals surface area (Å²) in [5.41, 5.74) is 0.191. The summed E-state index contributed by atoms with van der Waals surface area (Å²) >= 11 is 6.19. The van der Waals surface area contributed by atoms with Crippen molar-refractivity contribution in [1.29, 1.82) is 0 Å². The van der Waals surface area contributed by atoms with Gasteiger partial charge in [-0.3, -0.25) is 28.4 Å². The molecule has 0 aliphatic heterocycles. The molecule has 2 aromatic carbocycles. The predicted octanol–water partition coefficient (Wildman–Crippen LogP) is 3.36. The Hall–Kier alpha value is -4.82. The van der Waals surface area contributed by atoms with Gasteiger partial charge in [-0.2, -0.15) is 5.10 Å². The summed E-state index contributed by atoms with van der Waals surface area (Å²) in [6, 6.07) is 9.37. The van der Waals surface area contributed by atoms with Crippen LogP contribution in [0.15, 0.2) is 65.7 Å². The quantitative estimate of drug-likeness (QED) is 0.249. The van der Waals surface area contributed by atoms with Crippen LogP contribution < -0.4 is 20.3 Å². The van der Waals surface area contributed by atoms with Crippen molar-refractivity contribution in [2.75, 3.05) is 18.7 Å². The second-order valence-corrected chi connectivity index (χ2v) is 12.0. The van der Waals surface area contributed by atoms with E-state index in [0.29, 0.717) is 21.8 Å². The molecule has 12 nitrogen and oxygen atoms in total. The molecular weight excluding hydrogens is 617 g/mol. The SMILES string of the molecule is COc1cn(C(Cc2ccn(C)n2)C(=O)Nc2ccc(C(=O)NS(C)(=O)=O)c(F)c2)c(=O)cc1-c1cc(Cl)ccc1C(C)=O. The van der Waals surface area contributed by atoms with Gasteiger partial charge in [-0.15, -0.1) is 0 Å². The van der Waals surface area contributed by atoms with Crippen LogP contribution in [0.1, 0.15) is 39.4 Å². The smallest absolute Gasteiger partial charge is 0.267 e. The highest BCUT2D eigenvalue weighted by Crippen LogP contribution is 2.34. The van der Waals surface area contributed by atoms with E-state index in [0.717, 1.165) is 23.0 Å². The van der Waals surface area contributed by atoms with Gasteiger partial charge in [-0.1, -0.05) is 11.6 Å². The van der Waals surface area contributed by atoms with Crippen LogP contribution in [0.25, 0.3) is 11.1 Å². The lowest BCUT2D eigenvalue weighted by molar-refractivity contribution is -0.119. The molecule has 0 saturated carbocycles. The van der Waals surface area contributed by atoms with Crippen LogP contribution in [0.4, 0.5) is 10.1 Å². The maximum Gasteiger partial charge on any atom is 0.267 e. The molecule has 0 fully saturated rings. The van der Waals surface area contributed by atoms with Gasteiger partial charge in [0.2, 0.25) is 15.9 Å². The zero-order chi connectivity index (χ0) is 32.3. The van der Waals surface area contributed by atoms with E-state index in [1.807, 2.05) is 0 Å². The Balaban J connectivity index is 1.75. The van der Waals surface area contributed by atoms with Gasteiger partial charge in [-0.25, -0.2) is 17.5 Å². The third-order valence-electron chi connectivity index (χ3n) is 6.48. The number of hydrogen-bond acceptors (Lipinski definition) is 8. The molecule has 4 rings (SSSR count). The maximum atomic E-state index is 14.8. The number of sulfonamides is 1. The first-order valence-electron chi connectivity index (χ1n) is 12.9. The van der Waals surface area contributed by atoms with Crippen LogP contribution >= 0.6 is 11.6 Å². The third-order valence-corrected chi connectivity index (χ3v) is 7.28. The minimum Gasteiger partial charge on any atom is -0.495 e. The lowest BCUT2D eigenvalue weighted by atomic mass is 9.97.